The summed E-state index contributed by atoms with van der Waals surface area (Å²) in [6.07, 6.45) is 1.83. The van der Waals surface area contributed by atoms with Crippen molar-refractivity contribution in [2.24, 2.45) is 0 Å². The Morgan fingerprint density at radius 3 is 2.30 bits per heavy atom. The van der Waals surface area contributed by atoms with E-state index < -0.39 is 6.04 Å². The average Bonchev–Trinajstić information content (AvgIpc) is 2.80. The van der Waals surface area contributed by atoms with Crippen LogP contribution in [0, 0.1) is 0 Å². The van der Waals surface area contributed by atoms with Gasteiger partial charge in [-0.15, -0.1) is 0 Å². The van der Waals surface area contributed by atoms with Crippen LogP contribution in [0.4, 0.5) is 5.69 Å². The number of fused-ring (bicyclic) bond motifs is 1. The summed E-state index contributed by atoms with van der Waals surface area (Å²) in [6.45, 7) is 0. The van der Waals surface area contributed by atoms with Crippen LogP contribution < -0.4 is 10.6 Å². The van der Waals surface area contributed by atoms with Gasteiger partial charge >= 0.3 is 0 Å². The lowest BCUT2D eigenvalue weighted by atomic mass is 10.0. The molecule has 0 aliphatic carbocycles. The third kappa shape index (κ3) is 4.52. The van der Waals surface area contributed by atoms with Crippen molar-refractivity contribution >= 4 is 28.4 Å². The molecule has 148 valence electrons. The second kappa shape index (κ2) is 9.01. The Balaban J connectivity index is 1.54. The van der Waals surface area contributed by atoms with Crippen molar-refractivity contribution in [1.29, 1.82) is 0 Å². The van der Waals surface area contributed by atoms with E-state index in [1.807, 2.05) is 78.9 Å². The summed E-state index contributed by atoms with van der Waals surface area (Å²) in [7, 11) is 0. The van der Waals surface area contributed by atoms with E-state index in [0.29, 0.717) is 11.3 Å². The van der Waals surface area contributed by atoms with Gasteiger partial charge in [0.05, 0.1) is 23.7 Å². The molecule has 30 heavy (non-hydrogen) atoms. The highest BCUT2D eigenvalue weighted by Gasteiger charge is 2.19. The van der Waals surface area contributed by atoms with E-state index >= 15 is 0 Å². The van der Waals surface area contributed by atoms with Crippen LogP contribution in [0.5, 0.6) is 0 Å². The maximum atomic E-state index is 12.9. The number of pyridine rings is 1. The van der Waals surface area contributed by atoms with Crippen LogP contribution in [0.1, 0.15) is 28.4 Å². The van der Waals surface area contributed by atoms with Crippen molar-refractivity contribution in [2.45, 2.75) is 12.5 Å². The molecule has 0 bridgehead atoms. The predicted octanol–water partition coefficient (Wildman–Crippen LogP) is 4.73. The Morgan fingerprint density at radius 1 is 0.800 bits per heavy atom. The van der Waals surface area contributed by atoms with Gasteiger partial charge < -0.3 is 10.6 Å². The highest BCUT2D eigenvalue weighted by molar-refractivity contribution is 6.01. The van der Waals surface area contributed by atoms with Crippen molar-refractivity contribution in [3.05, 3.63) is 108 Å². The smallest absolute Gasteiger partial charge is 0.251 e. The van der Waals surface area contributed by atoms with Gasteiger partial charge in [0.15, 0.2) is 0 Å². The maximum Gasteiger partial charge on any atom is 0.251 e. The Labute approximate surface area is 174 Å². The number of anilines is 1. The summed E-state index contributed by atoms with van der Waals surface area (Å²) in [6, 6.07) is 27.4. The number of nitrogens with zero attached hydrogens (tertiary/aromatic N) is 1. The standard InChI is InChI=1S/C25H21N3O2/c29-24(27-22-15-7-14-21-20(22)13-8-16-26-21)17-23(18-9-3-1-4-10-18)28-25(30)19-11-5-2-6-12-19/h1-16,23H,17H2,(H,27,29)(H,28,30)/t23-/m0/s1. The second-order valence-corrected chi connectivity index (χ2v) is 6.93. The van der Waals surface area contributed by atoms with Gasteiger partial charge in [-0.1, -0.05) is 54.6 Å². The first-order valence-corrected chi connectivity index (χ1v) is 9.75. The minimum atomic E-state index is -0.452. The van der Waals surface area contributed by atoms with E-state index in [1.165, 1.54) is 0 Å². The summed E-state index contributed by atoms with van der Waals surface area (Å²) < 4.78 is 0. The third-order valence-corrected chi connectivity index (χ3v) is 4.85. The van der Waals surface area contributed by atoms with Gasteiger partial charge in [0.25, 0.3) is 5.91 Å². The summed E-state index contributed by atoms with van der Waals surface area (Å²) >= 11 is 0. The highest BCUT2D eigenvalue weighted by atomic mass is 16.2. The summed E-state index contributed by atoms with van der Waals surface area (Å²) in [5, 5.41) is 6.83. The number of hydrogen-bond acceptors (Lipinski definition) is 3. The number of rotatable bonds is 6. The molecule has 0 aliphatic heterocycles. The zero-order chi connectivity index (χ0) is 20.8. The van der Waals surface area contributed by atoms with Gasteiger partial charge in [-0.25, -0.2) is 0 Å². The molecular formula is C25H21N3O2. The topological polar surface area (TPSA) is 71.1 Å². The van der Waals surface area contributed by atoms with E-state index in [-0.39, 0.29) is 18.2 Å². The van der Waals surface area contributed by atoms with Gasteiger partial charge in [-0.3, -0.25) is 14.6 Å². The summed E-state index contributed by atoms with van der Waals surface area (Å²) in [5.74, 6) is -0.403. The first kappa shape index (κ1) is 19.3. The first-order valence-electron chi connectivity index (χ1n) is 9.75. The number of hydrogen-bond donors (Lipinski definition) is 2. The maximum absolute atomic E-state index is 12.9. The molecule has 1 aromatic heterocycles. The fourth-order valence-corrected chi connectivity index (χ4v) is 3.37. The van der Waals surface area contributed by atoms with Crippen molar-refractivity contribution < 1.29 is 9.59 Å². The molecule has 3 aromatic carbocycles. The van der Waals surface area contributed by atoms with E-state index in [9.17, 15) is 9.59 Å². The van der Waals surface area contributed by atoms with Crippen molar-refractivity contribution in [2.75, 3.05) is 5.32 Å². The van der Waals surface area contributed by atoms with E-state index in [0.717, 1.165) is 16.5 Å². The van der Waals surface area contributed by atoms with Crippen LogP contribution in [0.25, 0.3) is 10.9 Å². The SMILES string of the molecule is O=C(C[C@H](NC(=O)c1ccccc1)c1ccccc1)Nc1cccc2ncccc12. The lowest BCUT2D eigenvalue weighted by molar-refractivity contribution is -0.116. The Kier molecular flexibility index (Phi) is 5.80. The average molecular weight is 395 g/mol. The molecule has 0 fully saturated rings. The van der Waals surface area contributed by atoms with Crippen molar-refractivity contribution in [3.63, 3.8) is 0 Å². The predicted molar refractivity (Wildman–Crippen MR) is 118 cm³/mol. The minimum Gasteiger partial charge on any atom is -0.345 e. The monoisotopic (exact) mass is 395 g/mol. The molecule has 1 atom stereocenters. The molecule has 0 spiro atoms. The molecule has 2 amide bonds. The highest BCUT2D eigenvalue weighted by Crippen LogP contribution is 2.23. The molecular weight excluding hydrogens is 374 g/mol. The molecule has 5 heteroatoms. The van der Waals surface area contributed by atoms with Crippen LogP contribution in [-0.2, 0) is 4.79 Å². The van der Waals surface area contributed by atoms with Gasteiger partial charge in [-0.05, 0) is 42.0 Å². The third-order valence-electron chi connectivity index (χ3n) is 4.85. The first-order chi connectivity index (χ1) is 14.7. The fourth-order valence-electron chi connectivity index (χ4n) is 3.37. The van der Waals surface area contributed by atoms with Crippen LogP contribution in [-0.4, -0.2) is 16.8 Å². The zero-order valence-electron chi connectivity index (χ0n) is 16.3. The molecule has 0 saturated heterocycles. The van der Waals surface area contributed by atoms with E-state index in [4.69, 9.17) is 0 Å². The molecule has 4 rings (SSSR count). The van der Waals surface area contributed by atoms with E-state index in [2.05, 4.69) is 15.6 Å². The number of amides is 2. The second-order valence-electron chi connectivity index (χ2n) is 6.93. The molecule has 0 radical (unpaired) electrons. The summed E-state index contributed by atoms with van der Waals surface area (Å²) in [5.41, 5.74) is 2.94. The fraction of sp³-hybridized carbons (Fsp3) is 0.0800. The number of benzene rings is 3. The largest absolute Gasteiger partial charge is 0.345 e. The molecule has 4 aromatic rings. The number of nitrogens with one attached hydrogen (secondary N) is 2. The number of carbonyl (C=O) groups is 2. The van der Waals surface area contributed by atoms with Crippen molar-refractivity contribution in [3.8, 4) is 0 Å². The van der Waals surface area contributed by atoms with Gasteiger partial charge in [0.2, 0.25) is 5.91 Å². The van der Waals surface area contributed by atoms with Crippen LogP contribution in [0.3, 0.4) is 0 Å². The molecule has 0 unspecified atom stereocenters. The minimum absolute atomic E-state index is 0.110. The van der Waals surface area contributed by atoms with Crippen LogP contribution in [0.2, 0.25) is 0 Å². The summed E-state index contributed by atoms with van der Waals surface area (Å²) in [4.78, 5) is 29.9. The van der Waals surface area contributed by atoms with Gasteiger partial charge in [-0.2, -0.15) is 0 Å². The van der Waals surface area contributed by atoms with E-state index in [1.54, 1.807) is 18.3 Å². The Hall–Kier alpha value is -3.99. The van der Waals surface area contributed by atoms with Gasteiger partial charge in [0.1, 0.15) is 0 Å². The van der Waals surface area contributed by atoms with Crippen LogP contribution in [0.15, 0.2) is 97.2 Å². The Bertz CT molecular complexity index is 1160. The zero-order valence-corrected chi connectivity index (χ0v) is 16.3. The molecule has 5 nitrogen and oxygen atoms in total. The molecule has 1 heterocycles. The van der Waals surface area contributed by atoms with Crippen LogP contribution >= 0.6 is 0 Å². The van der Waals surface area contributed by atoms with Gasteiger partial charge in [0, 0.05) is 17.1 Å². The lowest BCUT2D eigenvalue weighted by Crippen LogP contribution is -2.31. The molecule has 2 N–H and O–H groups in total. The number of carbonyl (C=O) groups excluding carboxylic acids is 2. The number of aromatic nitrogens is 1. The van der Waals surface area contributed by atoms with Crippen molar-refractivity contribution in [1.82, 2.24) is 10.3 Å². The molecule has 0 saturated carbocycles. The quantitative estimate of drug-likeness (QED) is 0.496. The Morgan fingerprint density at radius 2 is 1.53 bits per heavy atom. The lowest BCUT2D eigenvalue weighted by Gasteiger charge is -2.19. The molecule has 0 aliphatic rings. The normalized spacial score (nSPS) is 11.6.